The summed E-state index contributed by atoms with van der Waals surface area (Å²) in [5.41, 5.74) is -0.297. The molecule has 0 fully saturated rings. The Bertz CT molecular complexity index is 584. The molecule has 1 heterocycles. The van der Waals surface area contributed by atoms with Gasteiger partial charge < -0.3 is 19.5 Å². The monoisotopic (exact) mass is 339 g/mol. The minimum atomic E-state index is -0.636. The first-order valence-electron chi connectivity index (χ1n) is 7.54. The molecular formula is C16H25N3O5. The first kappa shape index (κ1) is 19.7. The Morgan fingerprint density at radius 2 is 1.96 bits per heavy atom. The van der Waals surface area contributed by atoms with E-state index in [0.29, 0.717) is 17.3 Å². The van der Waals surface area contributed by atoms with Gasteiger partial charge in [-0.2, -0.15) is 0 Å². The van der Waals surface area contributed by atoms with E-state index in [1.807, 2.05) is 6.92 Å². The van der Waals surface area contributed by atoms with Crippen LogP contribution in [0.25, 0.3) is 0 Å². The highest BCUT2D eigenvalue weighted by Gasteiger charge is 2.18. The van der Waals surface area contributed by atoms with Crippen molar-refractivity contribution in [2.75, 3.05) is 24.4 Å². The zero-order valence-electron chi connectivity index (χ0n) is 14.9. The van der Waals surface area contributed by atoms with Gasteiger partial charge in [0.05, 0.1) is 18.0 Å². The molecule has 1 aromatic rings. The van der Waals surface area contributed by atoms with Crippen LogP contribution in [0.5, 0.6) is 5.75 Å². The highest BCUT2D eigenvalue weighted by Crippen LogP contribution is 2.27. The maximum Gasteiger partial charge on any atom is 0.412 e. The molecule has 2 amide bonds. The fourth-order valence-electron chi connectivity index (χ4n) is 1.59. The first-order valence-corrected chi connectivity index (χ1v) is 7.54. The van der Waals surface area contributed by atoms with Gasteiger partial charge in [0.2, 0.25) is 5.91 Å². The molecule has 1 rings (SSSR count). The molecule has 24 heavy (non-hydrogen) atoms. The molecule has 0 saturated heterocycles. The molecule has 0 radical (unpaired) electrons. The van der Waals surface area contributed by atoms with Crippen LogP contribution in [0.2, 0.25) is 0 Å². The van der Waals surface area contributed by atoms with Crippen molar-refractivity contribution in [3.8, 4) is 5.75 Å². The fourth-order valence-corrected chi connectivity index (χ4v) is 1.59. The van der Waals surface area contributed by atoms with E-state index >= 15 is 0 Å². The molecule has 8 nitrogen and oxygen atoms in total. The van der Waals surface area contributed by atoms with E-state index in [9.17, 15) is 9.59 Å². The van der Waals surface area contributed by atoms with Crippen molar-refractivity contribution in [2.45, 2.75) is 46.3 Å². The summed E-state index contributed by atoms with van der Waals surface area (Å²) in [5, 5.41) is 5.15. The van der Waals surface area contributed by atoms with Crippen molar-refractivity contribution in [3.05, 3.63) is 12.3 Å². The third-order valence-corrected chi connectivity index (χ3v) is 2.68. The summed E-state index contributed by atoms with van der Waals surface area (Å²) in [5.74, 6) is 0.368. The summed E-state index contributed by atoms with van der Waals surface area (Å²) in [7, 11) is 1.58. The van der Waals surface area contributed by atoms with Crippen LogP contribution in [0.3, 0.4) is 0 Å². The number of anilines is 2. The Kier molecular flexibility index (Phi) is 6.97. The molecule has 0 aliphatic rings. The molecular weight excluding hydrogens is 314 g/mol. The number of methoxy groups -OCH3 is 1. The Morgan fingerprint density at radius 1 is 1.29 bits per heavy atom. The maximum atomic E-state index is 12.0. The van der Waals surface area contributed by atoms with E-state index in [4.69, 9.17) is 14.2 Å². The Labute approximate surface area is 141 Å². The number of aromatic nitrogens is 1. The number of carbonyl (C=O) groups is 2. The van der Waals surface area contributed by atoms with Crippen molar-refractivity contribution in [1.29, 1.82) is 0 Å². The molecule has 0 aliphatic carbocycles. The van der Waals surface area contributed by atoms with Gasteiger partial charge in [0.25, 0.3) is 0 Å². The van der Waals surface area contributed by atoms with E-state index in [1.54, 1.807) is 27.9 Å². The standard InChI is InChI=1S/C16H25N3O5/c1-10(22-6)9-23-13-8-17-14(18-11(2)20)7-12(13)19-15(21)24-16(3,4)5/h7-8,10H,9H2,1-6H3,(H2,17,18,19,20,21). The number of hydrogen-bond donors (Lipinski definition) is 2. The van der Waals surface area contributed by atoms with Crippen LogP contribution in [0.1, 0.15) is 34.6 Å². The van der Waals surface area contributed by atoms with E-state index in [0.717, 1.165) is 0 Å². The predicted octanol–water partition coefficient (Wildman–Crippen LogP) is 2.80. The van der Waals surface area contributed by atoms with Crippen molar-refractivity contribution in [2.24, 2.45) is 0 Å². The molecule has 134 valence electrons. The van der Waals surface area contributed by atoms with Gasteiger partial charge in [0.1, 0.15) is 18.0 Å². The first-order chi connectivity index (χ1) is 11.1. The van der Waals surface area contributed by atoms with Crippen LogP contribution in [0.4, 0.5) is 16.3 Å². The van der Waals surface area contributed by atoms with Crippen LogP contribution >= 0.6 is 0 Å². The maximum absolute atomic E-state index is 12.0. The lowest BCUT2D eigenvalue weighted by atomic mass is 10.2. The van der Waals surface area contributed by atoms with Gasteiger partial charge in [-0.15, -0.1) is 0 Å². The summed E-state index contributed by atoms with van der Waals surface area (Å²) in [4.78, 5) is 27.2. The van der Waals surface area contributed by atoms with E-state index in [1.165, 1.54) is 19.2 Å². The quantitative estimate of drug-likeness (QED) is 0.827. The summed E-state index contributed by atoms with van der Waals surface area (Å²) in [6, 6.07) is 1.50. The molecule has 1 atom stereocenters. The zero-order valence-corrected chi connectivity index (χ0v) is 14.9. The lowest BCUT2D eigenvalue weighted by molar-refractivity contribution is -0.114. The topological polar surface area (TPSA) is 98.8 Å². The Balaban J connectivity index is 2.96. The highest BCUT2D eigenvalue weighted by atomic mass is 16.6. The van der Waals surface area contributed by atoms with E-state index in [-0.39, 0.29) is 18.6 Å². The molecule has 8 heteroatoms. The van der Waals surface area contributed by atoms with Crippen molar-refractivity contribution < 1.29 is 23.8 Å². The molecule has 1 unspecified atom stereocenters. The number of amides is 2. The SMILES string of the molecule is COC(C)COc1cnc(NC(C)=O)cc1NC(=O)OC(C)(C)C. The number of hydrogen-bond acceptors (Lipinski definition) is 6. The number of nitrogens with one attached hydrogen (secondary N) is 2. The third kappa shape index (κ3) is 7.28. The molecule has 0 aromatic carbocycles. The van der Waals surface area contributed by atoms with Crippen molar-refractivity contribution in [1.82, 2.24) is 4.98 Å². The summed E-state index contributed by atoms with van der Waals surface area (Å²) in [6.45, 7) is 8.78. The summed E-state index contributed by atoms with van der Waals surface area (Å²) in [6.07, 6.45) is 0.655. The Morgan fingerprint density at radius 3 is 2.50 bits per heavy atom. The van der Waals surface area contributed by atoms with Gasteiger partial charge >= 0.3 is 6.09 Å². The lowest BCUT2D eigenvalue weighted by Gasteiger charge is -2.21. The second kappa shape index (κ2) is 8.49. The average Bonchev–Trinajstić information content (AvgIpc) is 2.43. The molecule has 0 aliphatic heterocycles. The van der Waals surface area contributed by atoms with Gasteiger partial charge in [0.15, 0.2) is 5.75 Å². The highest BCUT2D eigenvalue weighted by molar-refractivity contribution is 5.91. The number of ether oxygens (including phenoxy) is 3. The normalized spacial score (nSPS) is 12.2. The molecule has 2 N–H and O–H groups in total. The van der Waals surface area contributed by atoms with Crippen LogP contribution in [-0.2, 0) is 14.3 Å². The Hall–Kier alpha value is -2.35. The van der Waals surface area contributed by atoms with Gasteiger partial charge in [-0.1, -0.05) is 0 Å². The van der Waals surface area contributed by atoms with Crippen LogP contribution in [0, 0.1) is 0 Å². The number of rotatable bonds is 6. The van der Waals surface area contributed by atoms with E-state index < -0.39 is 11.7 Å². The smallest absolute Gasteiger partial charge is 0.412 e. The summed E-state index contributed by atoms with van der Waals surface area (Å²) < 4.78 is 16.0. The number of pyridine rings is 1. The van der Waals surface area contributed by atoms with Crippen molar-refractivity contribution in [3.63, 3.8) is 0 Å². The van der Waals surface area contributed by atoms with Crippen LogP contribution < -0.4 is 15.4 Å². The van der Waals surface area contributed by atoms with Crippen LogP contribution in [0.15, 0.2) is 12.3 Å². The minimum absolute atomic E-state index is 0.130. The van der Waals surface area contributed by atoms with E-state index in [2.05, 4.69) is 15.6 Å². The largest absolute Gasteiger partial charge is 0.487 e. The number of nitrogens with zero attached hydrogens (tertiary/aromatic N) is 1. The summed E-state index contributed by atoms with van der Waals surface area (Å²) >= 11 is 0. The lowest BCUT2D eigenvalue weighted by Crippen LogP contribution is -2.27. The minimum Gasteiger partial charge on any atom is -0.487 e. The van der Waals surface area contributed by atoms with Crippen LogP contribution in [-0.4, -0.2) is 42.4 Å². The average molecular weight is 339 g/mol. The zero-order chi connectivity index (χ0) is 18.3. The molecule has 0 spiro atoms. The second-order valence-corrected chi connectivity index (χ2v) is 6.23. The molecule has 0 bridgehead atoms. The third-order valence-electron chi connectivity index (χ3n) is 2.68. The van der Waals surface area contributed by atoms with Crippen molar-refractivity contribution >= 4 is 23.5 Å². The number of carbonyl (C=O) groups excluding carboxylic acids is 2. The van der Waals surface area contributed by atoms with Gasteiger partial charge in [-0.3, -0.25) is 10.1 Å². The second-order valence-electron chi connectivity index (χ2n) is 6.23. The fraction of sp³-hybridized carbons (Fsp3) is 0.562. The van der Waals surface area contributed by atoms with Gasteiger partial charge in [0, 0.05) is 20.1 Å². The molecule has 0 saturated carbocycles. The predicted molar refractivity (Wildman–Crippen MR) is 90.4 cm³/mol. The van der Waals surface area contributed by atoms with Gasteiger partial charge in [-0.05, 0) is 27.7 Å². The van der Waals surface area contributed by atoms with Gasteiger partial charge in [-0.25, -0.2) is 9.78 Å². The molecule has 1 aromatic heterocycles.